The van der Waals surface area contributed by atoms with Crippen molar-refractivity contribution in [2.75, 3.05) is 13.7 Å². The maximum Gasteiger partial charge on any atom is 0.419 e. The SMILES string of the molecule is COc1ccccc1C(C)NC(=O)COC(=O)CCn1c(=O)oc2ccccc21. The van der Waals surface area contributed by atoms with E-state index in [1.807, 2.05) is 25.1 Å². The Morgan fingerprint density at radius 2 is 1.86 bits per heavy atom. The van der Waals surface area contributed by atoms with Crippen LogP contribution in [0.1, 0.15) is 24.9 Å². The summed E-state index contributed by atoms with van der Waals surface area (Å²) in [5.41, 5.74) is 1.88. The lowest BCUT2D eigenvalue weighted by atomic mass is 10.1. The second-order valence-corrected chi connectivity index (χ2v) is 6.43. The van der Waals surface area contributed by atoms with Gasteiger partial charge in [-0.1, -0.05) is 30.3 Å². The van der Waals surface area contributed by atoms with Crippen LogP contribution in [-0.2, 0) is 20.9 Å². The van der Waals surface area contributed by atoms with E-state index in [1.165, 1.54) is 4.57 Å². The molecule has 0 spiro atoms. The summed E-state index contributed by atoms with van der Waals surface area (Å²) < 4.78 is 16.8. The number of methoxy groups -OCH3 is 1. The maximum absolute atomic E-state index is 12.1. The average molecular weight is 398 g/mol. The van der Waals surface area contributed by atoms with Crippen LogP contribution < -0.4 is 15.8 Å². The molecule has 0 aliphatic heterocycles. The summed E-state index contributed by atoms with van der Waals surface area (Å²) in [7, 11) is 1.56. The Morgan fingerprint density at radius 1 is 1.14 bits per heavy atom. The molecule has 1 unspecified atom stereocenters. The number of para-hydroxylation sites is 3. The van der Waals surface area contributed by atoms with Crippen LogP contribution in [0, 0.1) is 0 Å². The molecule has 1 atom stereocenters. The van der Waals surface area contributed by atoms with E-state index in [1.54, 1.807) is 37.4 Å². The van der Waals surface area contributed by atoms with Crippen LogP contribution in [0.5, 0.6) is 5.75 Å². The molecule has 1 aromatic heterocycles. The van der Waals surface area contributed by atoms with Crippen LogP contribution in [0.2, 0.25) is 0 Å². The van der Waals surface area contributed by atoms with E-state index < -0.39 is 24.2 Å². The Bertz CT molecular complexity index is 1070. The molecular formula is C21H22N2O6. The molecule has 0 aliphatic carbocycles. The third-order valence-electron chi connectivity index (χ3n) is 4.46. The van der Waals surface area contributed by atoms with E-state index >= 15 is 0 Å². The Kier molecular flexibility index (Phi) is 6.33. The zero-order valence-corrected chi connectivity index (χ0v) is 16.2. The van der Waals surface area contributed by atoms with Crippen molar-refractivity contribution in [2.24, 2.45) is 0 Å². The predicted octanol–water partition coefficient (Wildman–Crippen LogP) is 2.41. The number of rotatable bonds is 8. The number of nitrogens with one attached hydrogen (secondary N) is 1. The third-order valence-corrected chi connectivity index (χ3v) is 4.46. The summed E-state index contributed by atoms with van der Waals surface area (Å²) in [5.74, 6) is -0.887. The minimum atomic E-state index is -0.581. The fraction of sp³-hybridized carbons (Fsp3) is 0.286. The van der Waals surface area contributed by atoms with Crippen molar-refractivity contribution in [2.45, 2.75) is 25.9 Å². The summed E-state index contributed by atoms with van der Waals surface area (Å²) in [6, 6.07) is 14.0. The average Bonchev–Trinajstić information content (AvgIpc) is 3.05. The Morgan fingerprint density at radius 3 is 2.66 bits per heavy atom. The molecule has 8 nitrogen and oxygen atoms in total. The maximum atomic E-state index is 12.1. The molecule has 0 aliphatic rings. The number of hydrogen-bond acceptors (Lipinski definition) is 6. The first-order chi connectivity index (χ1) is 14.0. The quantitative estimate of drug-likeness (QED) is 0.585. The molecular weight excluding hydrogens is 376 g/mol. The minimum absolute atomic E-state index is 0.0568. The monoisotopic (exact) mass is 398 g/mol. The second-order valence-electron chi connectivity index (χ2n) is 6.43. The first-order valence-corrected chi connectivity index (χ1v) is 9.16. The Hall–Kier alpha value is -3.55. The molecule has 0 bridgehead atoms. The van der Waals surface area contributed by atoms with Crippen molar-refractivity contribution in [1.29, 1.82) is 0 Å². The number of hydrogen-bond donors (Lipinski definition) is 1. The van der Waals surface area contributed by atoms with Crippen molar-refractivity contribution in [3.63, 3.8) is 0 Å². The largest absolute Gasteiger partial charge is 0.496 e. The highest BCUT2D eigenvalue weighted by molar-refractivity contribution is 5.81. The zero-order valence-electron chi connectivity index (χ0n) is 16.2. The van der Waals surface area contributed by atoms with Gasteiger partial charge >= 0.3 is 11.7 Å². The number of aromatic nitrogens is 1. The number of benzene rings is 2. The summed E-state index contributed by atoms with van der Waals surface area (Å²) in [6.45, 7) is 1.52. The first kappa shape index (κ1) is 20.2. The topological polar surface area (TPSA) is 99.8 Å². The van der Waals surface area contributed by atoms with Crippen LogP contribution in [0.15, 0.2) is 57.7 Å². The molecule has 29 heavy (non-hydrogen) atoms. The number of carbonyl (C=O) groups is 2. The smallest absolute Gasteiger partial charge is 0.419 e. The van der Waals surface area contributed by atoms with Gasteiger partial charge in [-0.3, -0.25) is 14.2 Å². The van der Waals surface area contributed by atoms with E-state index in [0.29, 0.717) is 16.8 Å². The van der Waals surface area contributed by atoms with Gasteiger partial charge in [-0.25, -0.2) is 4.79 Å². The van der Waals surface area contributed by atoms with Gasteiger partial charge in [-0.2, -0.15) is 0 Å². The van der Waals surface area contributed by atoms with Gasteiger partial charge < -0.3 is 19.2 Å². The van der Waals surface area contributed by atoms with Gasteiger partial charge in [-0.05, 0) is 25.1 Å². The van der Waals surface area contributed by atoms with E-state index in [2.05, 4.69) is 5.32 Å². The van der Waals surface area contributed by atoms with Crippen molar-refractivity contribution in [3.8, 4) is 5.75 Å². The highest BCUT2D eigenvalue weighted by atomic mass is 16.5. The second kappa shape index (κ2) is 9.09. The highest BCUT2D eigenvalue weighted by Gasteiger charge is 2.16. The molecule has 8 heteroatoms. The summed E-state index contributed by atoms with van der Waals surface area (Å²) >= 11 is 0. The van der Waals surface area contributed by atoms with Crippen molar-refractivity contribution in [3.05, 3.63) is 64.6 Å². The summed E-state index contributed by atoms with van der Waals surface area (Å²) in [6.07, 6.45) is -0.0568. The van der Waals surface area contributed by atoms with Gasteiger partial charge in [0, 0.05) is 12.1 Å². The number of carbonyl (C=O) groups excluding carboxylic acids is 2. The number of aryl methyl sites for hydroxylation is 1. The fourth-order valence-corrected chi connectivity index (χ4v) is 3.03. The van der Waals surface area contributed by atoms with Crippen molar-refractivity contribution in [1.82, 2.24) is 9.88 Å². The van der Waals surface area contributed by atoms with E-state index in [-0.39, 0.29) is 19.0 Å². The molecule has 1 amide bonds. The molecule has 1 heterocycles. The van der Waals surface area contributed by atoms with Gasteiger partial charge in [0.25, 0.3) is 5.91 Å². The van der Waals surface area contributed by atoms with Crippen LogP contribution in [0.25, 0.3) is 11.1 Å². The number of esters is 1. The fourth-order valence-electron chi connectivity index (χ4n) is 3.03. The molecule has 0 saturated carbocycles. The normalized spacial score (nSPS) is 11.8. The lowest BCUT2D eigenvalue weighted by molar-refractivity contribution is -0.148. The van der Waals surface area contributed by atoms with Gasteiger partial charge in [0.15, 0.2) is 12.2 Å². The molecule has 0 saturated heterocycles. The highest BCUT2D eigenvalue weighted by Crippen LogP contribution is 2.24. The molecule has 152 valence electrons. The molecule has 3 aromatic rings. The Labute approximate surface area is 167 Å². The minimum Gasteiger partial charge on any atom is -0.496 e. The van der Waals surface area contributed by atoms with Crippen molar-refractivity contribution < 1.29 is 23.5 Å². The Balaban J connectivity index is 1.49. The van der Waals surface area contributed by atoms with Gasteiger partial charge in [0.05, 0.1) is 25.1 Å². The zero-order chi connectivity index (χ0) is 20.8. The molecule has 0 radical (unpaired) electrons. The molecule has 2 aromatic carbocycles. The number of nitrogens with zero attached hydrogens (tertiary/aromatic N) is 1. The van der Waals surface area contributed by atoms with Crippen LogP contribution in [-0.4, -0.2) is 30.2 Å². The van der Waals surface area contributed by atoms with Crippen molar-refractivity contribution >= 4 is 23.0 Å². The van der Waals surface area contributed by atoms with E-state index in [9.17, 15) is 14.4 Å². The third kappa shape index (κ3) is 4.84. The van der Waals surface area contributed by atoms with Gasteiger partial charge in [0.1, 0.15) is 5.75 Å². The van der Waals surface area contributed by atoms with E-state index in [0.717, 1.165) is 5.56 Å². The number of amides is 1. The predicted molar refractivity (Wildman–Crippen MR) is 106 cm³/mol. The lowest BCUT2D eigenvalue weighted by Gasteiger charge is -2.17. The van der Waals surface area contributed by atoms with Crippen LogP contribution in [0.4, 0.5) is 0 Å². The first-order valence-electron chi connectivity index (χ1n) is 9.16. The number of ether oxygens (including phenoxy) is 2. The molecule has 0 fully saturated rings. The van der Waals surface area contributed by atoms with Gasteiger partial charge in [-0.15, -0.1) is 0 Å². The summed E-state index contributed by atoms with van der Waals surface area (Å²) in [5, 5.41) is 2.76. The van der Waals surface area contributed by atoms with E-state index in [4.69, 9.17) is 13.9 Å². The standard InChI is InChI=1S/C21H22N2O6/c1-14(15-7-3-5-9-17(15)27-2)22-19(24)13-28-20(25)11-12-23-16-8-4-6-10-18(16)29-21(23)26/h3-10,14H,11-13H2,1-2H3,(H,22,24). The molecule has 3 rings (SSSR count). The lowest BCUT2D eigenvalue weighted by Crippen LogP contribution is -2.31. The molecule has 1 N–H and O–H groups in total. The number of oxazole rings is 1. The summed E-state index contributed by atoms with van der Waals surface area (Å²) in [4.78, 5) is 36.0. The van der Waals surface area contributed by atoms with Crippen LogP contribution in [0.3, 0.4) is 0 Å². The number of fused-ring (bicyclic) bond motifs is 1. The van der Waals surface area contributed by atoms with Gasteiger partial charge in [0.2, 0.25) is 0 Å². The van der Waals surface area contributed by atoms with Crippen LogP contribution >= 0.6 is 0 Å².